The predicted molar refractivity (Wildman–Crippen MR) is 62.8 cm³/mol. The SMILES string of the molecule is CC(C)NC(=O)CCC1CCCCN1C. The maximum Gasteiger partial charge on any atom is 0.220 e. The van der Waals surface area contributed by atoms with Crippen LogP contribution in [0.1, 0.15) is 46.0 Å². The Morgan fingerprint density at radius 3 is 2.80 bits per heavy atom. The van der Waals surface area contributed by atoms with Crippen molar-refractivity contribution in [1.29, 1.82) is 0 Å². The van der Waals surface area contributed by atoms with Crippen molar-refractivity contribution in [3.05, 3.63) is 0 Å². The van der Waals surface area contributed by atoms with Gasteiger partial charge in [-0.05, 0) is 46.7 Å². The zero-order valence-electron chi connectivity index (χ0n) is 10.3. The number of nitrogens with one attached hydrogen (secondary N) is 1. The van der Waals surface area contributed by atoms with Crippen molar-refractivity contribution in [2.45, 2.75) is 58.0 Å². The van der Waals surface area contributed by atoms with Gasteiger partial charge in [-0.15, -0.1) is 0 Å². The van der Waals surface area contributed by atoms with Crippen LogP contribution in [0.3, 0.4) is 0 Å². The van der Waals surface area contributed by atoms with Crippen molar-refractivity contribution < 1.29 is 4.79 Å². The number of likely N-dealkylation sites (tertiary alicyclic amines) is 1. The van der Waals surface area contributed by atoms with Crippen LogP contribution in [0, 0.1) is 0 Å². The number of rotatable bonds is 4. The van der Waals surface area contributed by atoms with E-state index in [0.29, 0.717) is 12.5 Å². The first kappa shape index (κ1) is 12.5. The molecule has 3 nitrogen and oxygen atoms in total. The first-order valence-electron chi connectivity index (χ1n) is 6.09. The van der Waals surface area contributed by atoms with Gasteiger partial charge in [-0.1, -0.05) is 6.42 Å². The summed E-state index contributed by atoms with van der Waals surface area (Å²) in [4.78, 5) is 13.9. The lowest BCUT2D eigenvalue weighted by atomic mass is 9.98. The van der Waals surface area contributed by atoms with Gasteiger partial charge in [0.2, 0.25) is 5.91 Å². The lowest BCUT2D eigenvalue weighted by Crippen LogP contribution is -2.38. The fourth-order valence-electron chi connectivity index (χ4n) is 2.20. The number of amides is 1. The zero-order valence-corrected chi connectivity index (χ0v) is 10.3. The van der Waals surface area contributed by atoms with Crippen molar-refractivity contribution in [2.24, 2.45) is 0 Å². The molecule has 88 valence electrons. The molecule has 1 aliphatic heterocycles. The molecule has 1 rings (SSSR count). The maximum absolute atomic E-state index is 11.5. The van der Waals surface area contributed by atoms with Crippen molar-refractivity contribution in [3.63, 3.8) is 0 Å². The Hall–Kier alpha value is -0.570. The first-order chi connectivity index (χ1) is 7.09. The molecule has 0 bridgehead atoms. The van der Waals surface area contributed by atoms with Crippen LogP contribution in [-0.4, -0.2) is 36.5 Å². The number of hydrogen-bond acceptors (Lipinski definition) is 2. The molecule has 0 aromatic heterocycles. The highest BCUT2D eigenvalue weighted by Crippen LogP contribution is 2.18. The third-order valence-electron chi connectivity index (χ3n) is 3.08. The Morgan fingerprint density at radius 2 is 2.20 bits per heavy atom. The highest BCUT2D eigenvalue weighted by Gasteiger charge is 2.19. The van der Waals surface area contributed by atoms with Gasteiger partial charge < -0.3 is 10.2 Å². The molecule has 1 fully saturated rings. The maximum atomic E-state index is 11.5. The lowest BCUT2D eigenvalue weighted by molar-refractivity contribution is -0.122. The highest BCUT2D eigenvalue weighted by molar-refractivity contribution is 5.76. The molecule has 1 aliphatic rings. The summed E-state index contributed by atoms with van der Waals surface area (Å²) in [6.07, 6.45) is 5.57. The molecule has 1 atom stereocenters. The quantitative estimate of drug-likeness (QED) is 0.770. The summed E-state index contributed by atoms with van der Waals surface area (Å²) < 4.78 is 0. The highest BCUT2D eigenvalue weighted by atomic mass is 16.1. The van der Waals surface area contributed by atoms with E-state index < -0.39 is 0 Å². The third kappa shape index (κ3) is 4.65. The van der Waals surface area contributed by atoms with Crippen LogP contribution in [0.25, 0.3) is 0 Å². The van der Waals surface area contributed by atoms with Crippen molar-refractivity contribution >= 4 is 5.91 Å². The summed E-state index contributed by atoms with van der Waals surface area (Å²) in [6.45, 7) is 5.20. The van der Waals surface area contributed by atoms with E-state index >= 15 is 0 Å². The summed E-state index contributed by atoms with van der Waals surface area (Å²) >= 11 is 0. The standard InChI is InChI=1S/C12H24N2O/c1-10(2)13-12(15)8-7-11-6-4-5-9-14(11)3/h10-11H,4-9H2,1-3H3,(H,13,15). The number of nitrogens with zero attached hydrogens (tertiary/aromatic N) is 1. The molecule has 1 saturated heterocycles. The lowest BCUT2D eigenvalue weighted by Gasteiger charge is -2.32. The minimum atomic E-state index is 0.198. The molecule has 1 N–H and O–H groups in total. The Bertz CT molecular complexity index is 204. The molecule has 1 amide bonds. The minimum Gasteiger partial charge on any atom is -0.354 e. The molecule has 0 aromatic rings. The van der Waals surface area contributed by atoms with Gasteiger partial charge in [-0.3, -0.25) is 4.79 Å². The van der Waals surface area contributed by atoms with E-state index in [1.807, 2.05) is 13.8 Å². The van der Waals surface area contributed by atoms with E-state index in [-0.39, 0.29) is 11.9 Å². The fraction of sp³-hybridized carbons (Fsp3) is 0.917. The first-order valence-corrected chi connectivity index (χ1v) is 6.09. The van der Waals surface area contributed by atoms with Gasteiger partial charge in [0.1, 0.15) is 0 Å². The van der Waals surface area contributed by atoms with Crippen molar-refractivity contribution in [2.75, 3.05) is 13.6 Å². The van der Waals surface area contributed by atoms with Gasteiger partial charge in [-0.2, -0.15) is 0 Å². The molecule has 0 saturated carbocycles. The second kappa shape index (κ2) is 6.11. The molecule has 15 heavy (non-hydrogen) atoms. The summed E-state index contributed by atoms with van der Waals surface area (Å²) in [6, 6.07) is 0.887. The number of piperidine rings is 1. The smallest absolute Gasteiger partial charge is 0.220 e. The Labute approximate surface area is 93.2 Å². The molecular formula is C12H24N2O. The number of carbonyl (C=O) groups excluding carboxylic acids is 1. The molecule has 1 heterocycles. The van der Waals surface area contributed by atoms with E-state index in [9.17, 15) is 4.79 Å². The van der Waals surface area contributed by atoms with Gasteiger partial charge in [-0.25, -0.2) is 0 Å². The van der Waals surface area contributed by atoms with Crippen LogP contribution in [0.2, 0.25) is 0 Å². The van der Waals surface area contributed by atoms with E-state index in [4.69, 9.17) is 0 Å². The molecule has 0 spiro atoms. The van der Waals surface area contributed by atoms with Crippen molar-refractivity contribution in [3.8, 4) is 0 Å². The average Bonchev–Trinajstić information content (AvgIpc) is 2.15. The van der Waals surface area contributed by atoms with E-state index in [1.165, 1.54) is 25.8 Å². The zero-order chi connectivity index (χ0) is 11.3. The van der Waals surface area contributed by atoms with Gasteiger partial charge >= 0.3 is 0 Å². The van der Waals surface area contributed by atoms with Crippen LogP contribution in [-0.2, 0) is 4.79 Å². The molecule has 0 aromatic carbocycles. The van der Waals surface area contributed by atoms with Crippen LogP contribution in [0.4, 0.5) is 0 Å². The Balaban J connectivity index is 2.20. The summed E-state index contributed by atoms with van der Waals surface area (Å²) in [7, 11) is 2.17. The fourth-order valence-corrected chi connectivity index (χ4v) is 2.20. The number of carbonyl (C=O) groups is 1. The van der Waals surface area contributed by atoms with Gasteiger partial charge in [0.05, 0.1) is 0 Å². The van der Waals surface area contributed by atoms with Crippen LogP contribution >= 0.6 is 0 Å². The summed E-state index contributed by atoms with van der Waals surface area (Å²) in [5.74, 6) is 0.198. The molecular weight excluding hydrogens is 188 g/mol. The predicted octanol–water partition coefficient (Wildman–Crippen LogP) is 1.78. The normalized spacial score (nSPS) is 23.1. The van der Waals surface area contributed by atoms with Crippen LogP contribution < -0.4 is 5.32 Å². The number of hydrogen-bond donors (Lipinski definition) is 1. The Morgan fingerprint density at radius 1 is 1.47 bits per heavy atom. The topological polar surface area (TPSA) is 32.3 Å². The van der Waals surface area contributed by atoms with Gasteiger partial charge in [0.25, 0.3) is 0 Å². The third-order valence-corrected chi connectivity index (χ3v) is 3.08. The molecule has 0 aliphatic carbocycles. The van der Waals surface area contributed by atoms with E-state index in [2.05, 4.69) is 17.3 Å². The van der Waals surface area contributed by atoms with Gasteiger partial charge in [0.15, 0.2) is 0 Å². The summed E-state index contributed by atoms with van der Waals surface area (Å²) in [5.41, 5.74) is 0. The molecule has 3 heteroatoms. The second-order valence-corrected chi connectivity index (χ2v) is 4.89. The second-order valence-electron chi connectivity index (χ2n) is 4.89. The molecule has 1 unspecified atom stereocenters. The van der Waals surface area contributed by atoms with Crippen molar-refractivity contribution in [1.82, 2.24) is 10.2 Å². The monoisotopic (exact) mass is 212 g/mol. The van der Waals surface area contributed by atoms with Gasteiger partial charge in [0, 0.05) is 18.5 Å². The van der Waals surface area contributed by atoms with Crippen LogP contribution in [0.15, 0.2) is 0 Å². The van der Waals surface area contributed by atoms with Crippen LogP contribution in [0.5, 0.6) is 0 Å². The minimum absolute atomic E-state index is 0.198. The van der Waals surface area contributed by atoms with E-state index in [0.717, 1.165) is 6.42 Å². The largest absolute Gasteiger partial charge is 0.354 e. The molecule has 0 radical (unpaired) electrons. The summed E-state index contributed by atoms with van der Waals surface area (Å²) in [5, 5.41) is 2.94. The Kier molecular flexibility index (Phi) is 5.09. The van der Waals surface area contributed by atoms with E-state index in [1.54, 1.807) is 0 Å². The average molecular weight is 212 g/mol.